The molecule has 72 valence electrons. The first-order chi connectivity index (χ1) is 6.27. The molecule has 0 aromatic carbocycles. The van der Waals surface area contributed by atoms with Crippen LogP contribution in [0.4, 0.5) is 5.95 Å². The Morgan fingerprint density at radius 3 is 3.00 bits per heavy atom. The molecule has 2 unspecified atom stereocenters. The number of rotatable bonds is 1. The van der Waals surface area contributed by atoms with Crippen LogP contribution in [0.5, 0.6) is 0 Å². The number of hydrogen-bond acceptors (Lipinski definition) is 3. The second-order valence-electron chi connectivity index (χ2n) is 3.98. The van der Waals surface area contributed by atoms with Crippen molar-refractivity contribution < 1.29 is 0 Å². The predicted octanol–water partition coefficient (Wildman–Crippen LogP) is 1.43. The van der Waals surface area contributed by atoms with Crippen molar-refractivity contribution in [3.63, 3.8) is 0 Å². The van der Waals surface area contributed by atoms with E-state index in [0.29, 0.717) is 6.04 Å². The van der Waals surface area contributed by atoms with E-state index in [1.807, 2.05) is 0 Å². The van der Waals surface area contributed by atoms with E-state index in [9.17, 15) is 0 Å². The first-order valence-corrected chi connectivity index (χ1v) is 4.89. The van der Waals surface area contributed by atoms with Crippen molar-refractivity contribution in [3.8, 4) is 0 Å². The first kappa shape index (κ1) is 8.53. The summed E-state index contributed by atoms with van der Waals surface area (Å²) >= 11 is 0. The third kappa shape index (κ3) is 1.66. The van der Waals surface area contributed by atoms with Crippen LogP contribution in [0.25, 0.3) is 0 Å². The highest BCUT2D eigenvalue weighted by molar-refractivity contribution is 5.29. The van der Waals surface area contributed by atoms with Crippen molar-refractivity contribution >= 4 is 5.95 Å². The summed E-state index contributed by atoms with van der Waals surface area (Å²) in [5, 5.41) is 6.79. The van der Waals surface area contributed by atoms with E-state index < -0.39 is 0 Å². The van der Waals surface area contributed by atoms with E-state index in [2.05, 4.69) is 33.9 Å². The highest BCUT2D eigenvalue weighted by Gasteiger charge is 2.24. The van der Waals surface area contributed by atoms with Gasteiger partial charge in [0.1, 0.15) is 6.33 Å². The molecule has 0 spiro atoms. The number of nitrogens with one attached hydrogen (secondary N) is 1. The molecule has 1 N–H and O–H groups in total. The number of nitrogens with zero attached hydrogens (tertiary/aromatic N) is 3. The fraction of sp³-hybridized carbons (Fsp3) is 0.778. The van der Waals surface area contributed by atoms with Crippen LogP contribution in [0.2, 0.25) is 0 Å². The molecule has 0 amide bonds. The van der Waals surface area contributed by atoms with Crippen LogP contribution in [-0.2, 0) is 0 Å². The zero-order chi connectivity index (χ0) is 9.26. The van der Waals surface area contributed by atoms with Gasteiger partial charge in [-0.2, -0.15) is 10.1 Å². The minimum atomic E-state index is 0.580. The highest BCUT2D eigenvalue weighted by Crippen LogP contribution is 2.24. The molecule has 13 heavy (non-hydrogen) atoms. The molecule has 1 aromatic heterocycles. The van der Waals surface area contributed by atoms with Crippen molar-refractivity contribution in [3.05, 3.63) is 6.33 Å². The number of H-pyrrole nitrogens is 1. The molecular weight excluding hydrogens is 164 g/mol. The van der Waals surface area contributed by atoms with E-state index in [0.717, 1.165) is 18.4 Å². The van der Waals surface area contributed by atoms with Crippen molar-refractivity contribution in [2.45, 2.75) is 32.7 Å². The Kier molecular flexibility index (Phi) is 2.20. The largest absolute Gasteiger partial charge is 0.338 e. The van der Waals surface area contributed by atoms with E-state index in [1.165, 1.54) is 12.8 Å². The van der Waals surface area contributed by atoms with Gasteiger partial charge in [0.2, 0.25) is 5.95 Å². The molecule has 1 fully saturated rings. The molecule has 0 radical (unpaired) electrons. The third-order valence-electron chi connectivity index (χ3n) is 2.81. The molecule has 0 aliphatic carbocycles. The Hall–Kier alpha value is -1.06. The summed E-state index contributed by atoms with van der Waals surface area (Å²) in [6.07, 6.45) is 4.08. The number of piperidine rings is 1. The van der Waals surface area contributed by atoms with Crippen LogP contribution in [0.15, 0.2) is 6.33 Å². The molecule has 1 aromatic rings. The fourth-order valence-electron chi connectivity index (χ4n) is 2.06. The van der Waals surface area contributed by atoms with Crippen LogP contribution in [-0.4, -0.2) is 27.8 Å². The third-order valence-corrected chi connectivity index (χ3v) is 2.81. The van der Waals surface area contributed by atoms with Gasteiger partial charge in [-0.05, 0) is 25.7 Å². The lowest BCUT2D eigenvalue weighted by molar-refractivity contribution is 0.374. The summed E-state index contributed by atoms with van der Waals surface area (Å²) in [7, 11) is 0. The minimum absolute atomic E-state index is 0.580. The molecule has 0 saturated carbocycles. The van der Waals surface area contributed by atoms with E-state index in [4.69, 9.17) is 0 Å². The lowest BCUT2D eigenvalue weighted by Gasteiger charge is -2.35. The number of aromatic amines is 1. The Morgan fingerprint density at radius 1 is 1.54 bits per heavy atom. The van der Waals surface area contributed by atoms with Crippen molar-refractivity contribution in [2.75, 3.05) is 11.4 Å². The molecular formula is C9H16N4. The van der Waals surface area contributed by atoms with Gasteiger partial charge in [0.05, 0.1) is 0 Å². The summed E-state index contributed by atoms with van der Waals surface area (Å²) in [6.45, 7) is 5.66. The first-order valence-electron chi connectivity index (χ1n) is 4.89. The maximum Gasteiger partial charge on any atom is 0.221 e. The predicted molar refractivity (Wildman–Crippen MR) is 51.6 cm³/mol. The standard InChI is InChI=1S/C9H16N4/c1-7-3-4-13(8(2)5-7)9-10-6-11-12-9/h6-8H,3-5H2,1-2H3,(H,10,11,12). The number of hydrogen-bond donors (Lipinski definition) is 1. The minimum Gasteiger partial charge on any atom is -0.338 e. The van der Waals surface area contributed by atoms with Crippen molar-refractivity contribution in [2.24, 2.45) is 5.92 Å². The molecule has 2 rings (SSSR count). The summed E-state index contributed by atoms with van der Waals surface area (Å²) in [5.41, 5.74) is 0. The molecule has 2 atom stereocenters. The lowest BCUT2D eigenvalue weighted by atomic mass is 9.94. The lowest BCUT2D eigenvalue weighted by Crippen LogP contribution is -2.40. The van der Waals surface area contributed by atoms with Crippen LogP contribution >= 0.6 is 0 Å². The highest BCUT2D eigenvalue weighted by atomic mass is 15.4. The monoisotopic (exact) mass is 180 g/mol. The molecule has 0 bridgehead atoms. The second-order valence-corrected chi connectivity index (χ2v) is 3.98. The van der Waals surface area contributed by atoms with Gasteiger partial charge in [0.25, 0.3) is 0 Å². The summed E-state index contributed by atoms with van der Waals surface area (Å²) in [6, 6.07) is 0.580. The summed E-state index contributed by atoms with van der Waals surface area (Å²) in [4.78, 5) is 6.47. The maximum absolute atomic E-state index is 4.17. The summed E-state index contributed by atoms with van der Waals surface area (Å²) < 4.78 is 0. The Bertz CT molecular complexity index is 257. The second kappa shape index (κ2) is 3.36. The van der Waals surface area contributed by atoms with Crippen LogP contribution in [0.3, 0.4) is 0 Å². The molecule has 2 heterocycles. The zero-order valence-electron chi connectivity index (χ0n) is 8.20. The zero-order valence-corrected chi connectivity index (χ0v) is 8.20. The smallest absolute Gasteiger partial charge is 0.221 e. The molecule has 1 saturated heterocycles. The Morgan fingerprint density at radius 2 is 2.38 bits per heavy atom. The SMILES string of the molecule is CC1CCN(c2ncn[nH]2)C(C)C1. The van der Waals surface area contributed by atoms with Crippen LogP contribution in [0.1, 0.15) is 26.7 Å². The van der Waals surface area contributed by atoms with Gasteiger partial charge in [-0.25, -0.2) is 5.10 Å². The molecule has 1 aliphatic heterocycles. The quantitative estimate of drug-likeness (QED) is 0.711. The summed E-state index contributed by atoms with van der Waals surface area (Å²) in [5.74, 6) is 1.76. The number of aromatic nitrogens is 3. The normalized spacial score (nSPS) is 29.2. The van der Waals surface area contributed by atoms with Gasteiger partial charge in [-0.15, -0.1) is 0 Å². The van der Waals surface area contributed by atoms with E-state index in [-0.39, 0.29) is 0 Å². The van der Waals surface area contributed by atoms with Gasteiger partial charge in [-0.3, -0.25) is 0 Å². The van der Waals surface area contributed by atoms with Crippen LogP contribution < -0.4 is 4.90 Å². The molecule has 4 nitrogen and oxygen atoms in total. The topological polar surface area (TPSA) is 44.8 Å². The average molecular weight is 180 g/mol. The van der Waals surface area contributed by atoms with Crippen LogP contribution in [0, 0.1) is 5.92 Å². The van der Waals surface area contributed by atoms with Gasteiger partial charge in [0.15, 0.2) is 0 Å². The van der Waals surface area contributed by atoms with Gasteiger partial charge < -0.3 is 4.90 Å². The maximum atomic E-state index is 4.17. The average Bonchev–Trinajstić information content (AvgIpc) is 2.56. The van der Waals surface area contributed by atoms with Gasteiger partial charge in [-0.1, -0.05) is 6.92 Å². The molecule has 4 heteroatoms. The Balaban J connectivity index is 2.08. The Labute approximate surface area is 78.4 Å². The fourth-order valence-corrected chi connectivity index (χ4v) is 2.06. The van der Waals surface area contributed by atoms with Crippen molar-refractivity contribution in [1.29, 1.82) is 0 Å². The van der Waals surface area contributed by atoms with Gasteiger partial charge >= 0.3 is 0 Å². The molecule has 1 aliphatic rings. The van der Waals surface area contributed by atoms with Crippen molar-refractivity contribution in [1.82, 2.24) is 15.2 Å². The van der Waals surface area contributed by atoms with E-state index in [1.54, 1.807) is 6.33 Å². The number of anilines is 1. The van der Waals surface area contributed by atoms with Gasteiger partial charge in [0, 0.05) is 12.6 Å². The van der Waals surface area contributed by atoms with E-state index >= 15 is 0 Å².